The van der Waals surface area contributed by atoms with E-state index in [9.17, 15) is 14.4 Å². The molecular formula is C20H23N3O4. The number of nitrogens with one attached hydrogen (secondary N) is 3. The fourth-order valence-corrected chi connectivity index (χ4v) is 2.18. The maximum absolute atomic E-state index is 12.0. The first-order valence-corrected chi connectivity index (χ1v) is 8.66. The molecule has 7 nitrogen and oxygen atoms in total. The summed E-state index contributed by atoms with van der Waals surface area (Å²) in [7, 11) is 0. The summed E-state index contributed by atoms with van der Waals surface area (Å²) in [6, 6.07) is 15.1. The predicted octanol–water partition coefficient (Wildman–Crippen LogP) is 1.59. The van der Waals surface area contributed by atoms with E-state index in [1.807, 2.05) is 12.1 Å². The topological polar surface area (TPSA) is 96.5 Å². The Morgan fingerprint density at radius 3 is 2.26 bits per heavy atom. The maximum atomic E-state index is 12.0. The molecule has 142 valence electrons. The van der Waals surface area contributed by atoms with Crippen molar-refractivity contribution in [1.29, 1.82) is 0 Å². The highest BCUT2D eigenvalue weighted by Crippen LogP contribution is 2.12. The highest BCUT2D eigenvalue weighted by molar-refractivity contribution is 5.97. The standard InChI is InChI=1S/C20H23N3O4/c1-3-15-9-11-17(12-10-15)27-13-18(24)22-23-19(25)14(2)21-20(26)16-7-5-4-6-8-16/h4-12,14H,3,13H2,1-2H3,(H,21,26)(H,22,24)(H,23,25). The van der Waals surface area contributed by atoms with E-state index in [0.717, 1.165) is 6.42 Å². The Balaban J connectivity index is 1.71. The summed E-state index contributed by atoms with van der Waals surface area (Å²) < 4.78 is 5.35. The van der Waals surface area contributed by atoms with Crippen LogP contribution < -0.4 is 20.9 Å². The fourth-order valence-electron chi connectivity index (χ4n) is 2.18. The van der Waals surface area contributed by atoms with E-state index in [0.29, 0.717) is 11.3 Å². The normalized spacial score (nSPS) is 11.2. The molecule has 2 rings (SSSR count). The van der Waals surface area contributed by atoms with Crippen LogP contribution in [0.4, 0.5) is 0 Å². The van der Waals surface area contributed by atoms with Crippen molar-refractivity contribution < 1.29 is 19.1 Å². The Labute approximate surface area is 158 Å². The SMILES string of the molecule is CCc1ccc(OCC(=O)NNC(=O)C(C)NC(=O)c2ccccc2)cc1. The molecule has 3 N–H and O–H groups in total. The number of carbonyl (C=O) groups is 3. The van der Waals surface area contributed by atoms with E-state index in [1.165, 1.54) is 12.5 Å². The Morgan fingerprint density at radius 1 is 0.963 bits per heavy atom. The average molecular weight is 369 g/mol. The maximum Gasteiger partial charge on any atom is 0.276 e. The number of benzene rings is 2. The van der Waals surface area contributed by atoms with Gasteiger partial charge in [-0.2, -0.15) is 0 Å². The number of hydrogen-bond acceptors (Lipinski definition) is 4. The lowest BCUT2D eigenvalue weighted by Crippen LogP contribution is -2.51. The molecule has 0 fully saturated rings. The summed E-state index contributed by atoms with van der Waals surface area (Å²) >= 11 is 0. The summed E-state index contributed by atoms with van der Waals surface area (Å²) in [6.07, 6.45) is 0.922. The summed E-state index contributed by atoms with van der Waals surface area (Å²) in [4.78, 5) is 35.8. The third-order valence-corrected chi connectivity index (χ3v) is 3.80. The quantitative estimate of drug-likeness (QED) is 0.646. The van der Waals surface area contributed by atoms with Crippen molar-refractivity contribution in [2.45, 2.75) is 26.3 Å². The van der Waals surface area contributed by atoms with Crippen molar-refractivity contribution in [3.63, 3.8) is 0 Å². The monoisotopic (exact) mass is 369 g/mol. The van der Waals surface area contributed by atoms with Crippen LogP contribution in [-0.2, 0) is 16.0 Å². The first-order chi connectivity index (χ1) is 13.0. The molecule has 2 aromatic carbocycles. The van der Waals surface area contributed by atoms with E-state index in [2.05, 4.69) is 23.1 Å². The van der Waals surface area contributed by atoms with E-state index < -0.39 is 17.9 Å². The highest BCUT2D eigenvalue weighted by Gasteiger charge is 2.17. The van der Waals surface area contributed by atoms with Crippen molar-refractivity contribution in [3.05, 3.63) is 65.7 Å². The molecule has 27 heavy (non-hydrogen) atoms. The van der Waals surface area contributed by atoms with Gasteiger partial charge in [0.2, 0.25) is 0 Å². The van der Waals surface area contributed by atoms with E-state index in [1.54, 1.807) is 42.5 Å². The molecule has 0 aliphatic carbocycles. The lowest BCUT2D eigenvalue weighted by molar-refractivity contribution is -0.130. The minimum absolute atomic E-state index is 0.240. The molecule has 0 heterocycles. The van der Waals surface area contributed by atoms with Crippen LogP contribution in [0.3, 0.4) is 0 Å². The third kappa shape index (κ3) is 6.47. The number of hydrogen-bond donors (Lipinski definition) is 3. The molecule has 0 saturated carbocycles. The van der Waals surface area contributed by atoms with Gasteiger partial charge in [0.1, 0.15) is 11.8 Å². The molecule has 1 unspecified atom stereocenters. The number of aryl methyl sites for hydroxylation is 1. The van der Waals surface area contributed by atoms with Crippen LogP contribution in [0.15, 0.2) is 54.6 Å². The van der Waals surface area contributed by atoms with Gasteiger partial charge >= 0.3 is 0 Å². The number of rotatable bonds is 7. The Morgan fingerprint density at radius 2 is 1.63 bits per heavy atom. The van der Waals surface area contributed by atoms with Gasteiger partial charge in [0.25, 0.3) is 17.7 Å². The predicted molar refractivity (Wildman–Crippen MR) is 101 cm³/mol. The molecule has 0 aliphatic rings. The third-order valence-electron chi connectivity index (χ3n) is 3.80. The first kappa shape index (κ1) is 20.0. The van der Waals surface area contributed by atoms with Gasteiger partial charge in [0.05, 0.1) is 0 Å². The summed E-state index contributed by atoms with van der Waals surface area (Å²) in [5.74, 6) is -0.856. The van der Waals surface area contributed by atoms with Gasteiger partial charge in [0, 0.05) is 5.56 Å². The number of ether oxygens (including phenoxy) is 1. The zero-order chi connectivity index (χ0) is 19.6. The summed E-state index contributed by atoms with van der Waals surface area (Å²) in [6.45, 7) is 3.33. The Hall–Kier alpha value is -3.35. The van der Waals surface area contributed by atoms with Crippen molar-refractivity contribution in [2.24, 2.45) is 0 Å². The largest absolute Gasteiger partial charge is 0.484 e. The molecular weight excluding hydrogens is 346 g/mol. The first-order valence-electron chi connectivity index (χ1n) is 8.66. The number of amides is 3. The summed E-state index contributed by atoms with van der Waals surface area (Å²) in [5, 5.41) is 2.55. The van der Waals surface area contributed by atoms with E-state index in [-0.39, 0.29) is 12.5 Å². The van der Waals surface area contributed by atoms with Crippen LogP contribution in [0.25, 0.3) is 0 Å². The number of carbonyl (C=O) groups excluding carboxylic acids is 3. The van der Waals surface area contributed by atoms with Crippen molar-refractivity contribution in [3.8, 4) is 5.75 Å². The molecule has 0 saturated heterocycles. The van der Waals surface area contributed by atoms with Gasteiger partial charge in [-0.1, -0.05) is 37.3 Å². The molecule has 0 aromatic heterocycles. The van der Waals surface area contributed by atoms with E-state index in [4.69, 9.17) is 4.74 Å². The highest BCUT2D eigenvalue weighted by atomic mass is 16.5. The molecule has 1 atom stereocenters. The van der Waals surface area contributed by atoms with Gasteiger partial charge in [-0.25, -0.2) is 0 Å². The fraction of sp³-hybridized carbons (Fsp3) is 0.250. The van der Waals surface area contributed by atoms with Crippen LogP contribution in [0.1, 0.15) is 29.8 Å². The second-order valence-electron chi connectivity index (χ2n) is 5.88. The lowest BCUT2D eigenvalue weighted by atomic mass is 10.2. The van der Waals surface area contributed by atoms with Gasteiger partial charge in [-0.3, -0.25) is 25.2 Å². The number of hydrazine groups is 1. The Kier molecular flexibility index (Phi) is 7.37. The van der Waals surface area contributed by atoms with Gasteiger partial charge in [-0.15, -0.1) is 0 Å². The smallest absolute Gasteiger partial charge is 0.276 e. The lowest BCUT2D eigenvalue weighted by Gasteiger charge is -2.15. The Bertz CT molecular complexity index is 776. The van der Waals surface area contributed by atoms with Crippen molar-refractivity contribution >= 4 is 17.7 Å². The van der Waals surface area contributed by atoms with Crippen molar-refractivity contribution in [1.82, 2.24) is 16.2 Å². The van der Waals surface area contributed by atoms with Crippen LogP contribution in [0, 0.1) is 0 Å². The summed E-state index contributed by atoms with van der Waals surface area (Å²) in [5.41, 5.74) is 6.13. The molecule has 7 heteroatoms. The molecule has 0 bridgehead atoms. The average Bonchev–Trinajstić information content (AvgIpc) is 2.71. The van der Waals surface area contributed by atoms with Crippen molar-refractivity contribution in [2.75, 3.05) is 6.61 Å². The molecule has 0 aliphatic heterocycles. The zero-order valence-electron chi connectivity index (χ0n) is 15.3. The van der Waals surface area contributed by atoms with Crippen LogP contribution in [0.2, 0.25) is 0 Å². The molecule has 0 spiro atoms. The van der Waals surface area contributed by atoms with Crippen LogP contribution in [-0.4, -0.2) is 30.4 Å². The second-order valence-corrected chi connectivity index (χ2v) is 5.88. The molecule has 2 aromatic rings. The minimum Gasteiger partial charge on any atom is -0.484 e. The van der Waals surface area contributed by atoms with Crippen LogP contribution >= 0.6 is 0 Å². The second kappa shape index (κ2) is 9.96. The minimum atomic E-state index is -0.819. The van der Waals surface area contributed by atoms with Gasteiger partial charge in [0.15, 0.2) is 6.61 Å². The van der Waals surface area contributed by atoms with Gasteiger partial charge in [-0.05, 0) is 43.2 Å². The van der Waals surface area contributed by atoms with Crippen LogP contribution in [0.5, 0.6) is 5.75 Å². The van der Waals surface area contributed by atoms with Gasteiger partial charge < -0.3 is 10.1 Å². The molecule has 3 amide bonds. The zero-order valence-corrected chi connectivity index (χ0v) is 15.3. The van der Waals surface area contributed by atoms with E-state index >= 15 is 0 Å². The molecule has 0 radical (unpaired) electrons.